The van der Waals surface area contributed by atoms with Crippen molar-refractivity contribution in [2.24, 2.45) is 0 Å². The lowest BCUT2D eigenvalue weighted by Gasteiger charge is -2.19. The number of aromatic nitrogens is 2. The molecule has 1 aliphatic heterocycles. The Morgan fingerprint density at radius 3 is 2.48 bits per heavy atom. The molecule has 2 aromatic rings. The summed E-state index contributed by atoms with van der Waals surface area (Å²) in [6.45, 7) is 6.16. The zero-order valence-corrected chi connectivity index (χ0v) is 15.4. The molecule has 0 aliphatic carbocycles. The number of nitrogens with one attached hydrogen (secondary N) is 1. The third kappa shape index (κ3) is 4.00. The Labute approximate surface area is 156 Å². The SMILES string of the molecule is CCN(CC)C(=O)c1ccc(Cn2nc(C(F)(F)F)c3c2CCNC3)cc1. The molecule has 0 bridgehead atoms. The summed E-state index contributed by atoms with van der Waals surface area (Å²) in [5.74, 6) is -0.0477. The quantitative estimate of drug-likeness (QED) is 0.867. The largest absolute Gasteiger partial charge is 0.435 e. The van der Waals surface area contributed by atoms with Gasteiger partial charge in [0, 0.05) is 49.4 Å². The van der Waals surface area contributed by atoms with Crippen LogP contribution < -0.4 is 5.32 Å². The van der Waals surface area contributed by atoms with Crippen LogP contribution in [-0.2, 0) is 25.7 Å². The van der Waals surface area contributed by atoms with Crippen molar-refractivity contribution in [2.45, 2.75) is 39.5 Å². The van der Waals surface area contributed by atoms with Crippen LogP contribution >= 0.6 is 0 Å². The highest BCUT2D eigenvalue weighted by atomic mass is 19.4. The Morgan fingerprint density at radius 1 is 1.22 bits per heavy atom. The second kappa shape index (κ2) is 7.72. The smallest absolute Gasteiger partial charge is 0.339 e. The standard InChI is InChI=1S/C19H23F3N4O/c1-3-25(4-2)18(27)14-7-5-13(6-8-14)12-26-16-9-10-23-11-15(16)17(24-26)19(20,21)22/h5-8,23H,3-4,9-12H2,1-2H3. The normalized spacial score (nSPS) is 14.1. The number of alkyl halides is 3. The van der Waals surface area contributed by atoms with E-state index in [0.717, 1.165) is 5.56 Å². The molecule has 0 saturated carbocycles. The van der Waals surface area contributed by atoms with Gasteiger partial charge in [-0.05, 0) is 31.5 Å². The van der Waals surface area contributed by atoms with Gasteiger partial charge in [-0.15, -0.1) is 0 Å². The maximum atomic E-state index is 13.3. The minimum atomic E-state index is -4.46. The van der Waals surface area contributed by atoms with Crippen molar-refractivity contribution in [3.8, 4) is 0 Å². The topological polar surface area (TPSA) is 50.2 Å². The molecular weight excluding hydrogens is 357 g/mol. The van der Waals surface area contributed by atoms with Crippen LogP contribution in [-0.4, -0.2) is 40.2 Å². The molecule has 0 unspecified atom stereocenters. The number of benzene rings is 1. The summed E-state index contributed by atoms with van der Waals surface area (Å²) in [5, 5.41) is 6.82. The van der Waals surface area contributed by atoms with Gasteiger partial charge in [-0.3, -0.25) is 9.48 Å². The first-order valence-corrected chi connectivity index (χ1v) is 9.09. The molecule has 0 fully saturated rings. The molecular formula is C19H23F3N4O. The summed E-state index contributed by atoms with van der Waals surface area (Å²) >= 11 is 0. The van der Waals surface area contributed by atoms with E-state index in [1.807, 2.05) is 13.8 Å². The minimum absolute atomic E-state index is 0.0477. The predicted octanol–water partition coefficient (Wildman–Crippen LogP) is 3.08. The van der Waals surface area contributed by atoms with Crippen LogP contribution in [0.4, 0.5) is 13.2 Å². The molecule has 8 heteroatoms. The first-order chi connectivity index (χ1) is 12.8. The fraction of sp³-hybridized carbons (Fsp3) is 0.474. The van der Waals surface area contributed by atoms with E-state index in [0.29, 0.717) is 37.3 Å². The second-order valence-electron chi connectivity index (χ2n) is 6.53. The lowest BCUT2D eigenvalue weighted by Crippen LogP contribution is -2.30. The first kappa shape index (κ1) is 19.4. The molecule has 0 spiro atoms. The maximum Gasteiger partial charge on any atom is 0.435 e. The monoisotopic (exact) mass is 380 g/mol. The van der Waals surface area contributed by atoms with Crippen molar-refractivity contribution in [1.29, 1.82) is 0 Å². The molecule has 1 amide bonds. The van der Waals surface area contributed by atoms with Crippen molar-refractivity contribution in [1.82, 2.24) is 20.0 Å². The summed E-state index contributed by atoms with van der Waals surface area (Å²) in [6, 6.07) is 6.99. The number of hydrogen-bond acceptors (Lipinski definition) is 3. The van der Waals surface area contributed by atoms with Crippen molar-refractivity contribution in [3.05, 3.63) is 52.3 Å². The number of fused-ring (bicyclic) bond motifs is 1. The lowest BCUT2D eigenvalue weighted by molar-refractivity contribution is -0.142. The Balaban J connectivity index is 1.84. The zero-order valence-electron chi connectivity index (χ0n) is 15.4. The molecule has 0 atom stereocenters. The molecule has 1 aromatic heterocycles. The van der Waals surface area contributed by atoms with Crippen LogP contribution in [0.5, 0.6) is 0 Å². The number of nitrogens with zero attached hydrogens (tertiary/aromatic N) is 3. The summed E-state index contributed by atoms with van der Waals surface area (Å²) in [5.41, 5.74) is 1.44. The van der Waals surface area contributed by atoms with Crippen molar-refractivity contribution in [3.63, 3.8) is 0 Å². The second-order valence-corrected chi connectivity index (χ2v) is 6.53. The number of carbonyl (C=O) groups is 1. The van der Waals surface area contributed by atoms with Crippen LogP contribution in [0.2, 0.25) is 0 Å². The lowest BCUT2D eigenvalue weighted by atomic mass is 10.1. The Bertz CT molecular complexity index is 808. The summed E-state index contributed by atoms with van der Waals surface area (Å²) in [6.07, 6.45) is -3.95. The van der Waals surface area contributed by atoms with Gasteiger partial charge in [0.1, 0.15) is 0 Å². The Hall–Kier alpha value is -2.35. The number of rotatable bonds is 5. The van der Waals surface area contributed by atoms with Crippen molar-refractivity contribution < 1.29 is 18.0 Å². The van der Waals surface area contributed by atoms with Crippen LogP contribution in [0.1, 0.15) is 46.7 Å². The Morgan fingerprint density at radius 2 is 1.89 bits per heavy atom. The van der Waals surface area contributed by atoms with Gasteiger partial charge in [0.05, 0.1) is 6.54 Å². The van der Waals surface area contributed by atoms with Crippen LogP contribution in [0.3, 0.4) is 0 Å². The van der Waals surface area contributed by atoms with Gasteiger partial charge in [0.15, 0.2) is 5.69 Å². The van der Waals surface area contributed by atoms with Gasteiger partial charge in [-0.2, -0.15) is 18.3 Å². The van der Waals surface area contributed by atoms with Gasteiger partial charge in [-0.1, -0.05) is 12.1 Å². The van der Waals surface area contributed by atoms with E-state index in [2.05, 4.69) is 10.4 Å². The number of hydrogen-bond donors (Lipinski definition) is 1. The first-order valence-electron chi connectivity index (χ1n) is 9.09. The molecule has 1 aromatic carbocycles. The molecule has 5 nitrogen and oxygen atoms in total. The molecule has 1 N–H and O–H groups in total. The summed E-state index contributed by atoms with van der Waals surface area (Å²) < 4.78 is 41.2. The molecule has 27 heavy (non-hydrogen) atoms. The van der Waals surface area contributed by atoms with Crippen molar-refractivity contribution in [2.75, 3.05) is 19.6 Å². The van der Waals surface area contributed by atoms with E-state index < -0.39 is 11.9 Å². The minimum Gasteiger partial charge on any atom is -0.339 e. The van der Waals surface area contributed by atoms with E-state index in [1.165, 1.54) is 4.68 Å². The molecule has 1 aliphatic rings. The predicted molar refractivity (Wildman–Crippen MR) is 95.4 cm³/mol. The fourth-order valence-corrected chi connectivity index (χ4v) is 3.40. The molecule has 146 valence electrons. The number of halogens is 3. The van der Waals surface area contributed by atoms with Crippen LogP contribution in [0.25, 0.3) is 0 Å². The zero-order chi connectivity index (χ0) is 19.6. The van der Waals surface area contributed by atoms with E-state index in [4.69, 9.17) is 0 Å². The summed E-state index contributed by atoms with van der Waals surface area (Å²) in [7, 11) is 0. The highest BCUT2D eigenvalue weighted by Crippen LogP contribution is 2.34. The fourth-order valence-electron chi connectivity index (χ4n) is 3.40. The average Bonchev–Trinajstić information content (AvgIpc) is 3.02. The van der Waals surface area contributed by atoms with E-state index in [1.54, 1.807) is 29.2 Å². The third-order valence-electron chi connectivity index (χ3n) is 4.86. The highest BCUT2D eigenvalue weighted by molar-refractivity contribution is 5.94. The third-order valence-corrected chi connectivity index (χ3v) is 4.86. The summed E-state index contributed by atoms with van der Waals surface area (Å²) in [4.78, 5) is 14.1. The molecule has 2 heterocycles. The van der Waals surface area contributed by atoms with E-state index >= 15 is 0 Å². The van der Waals surface area contributed by atoms with Crippen LogP contribution in [0.15, 0.2) is 24.3 Å². The van der Waals surface area contributed by atoms with Gasteiger partial charge in [0.25, 0.3) is 5.91 Å². The van der Waals surface area contributed by atoms with Gasteiger partial charge < -0.3 is 10.2 Å². The maximum absolute atomic E-state index is 13.3. The molecule has 0 saturated heterocycles. The van der Waals surface area contributed by atoms with Crippen molar-refractivity contribution >= 4 is 5.91 Å². The van der Waals surface area contributed by atoms with Crippen LogP contribution in [0, 0.1) is 0 Å². The van der Waals surface area contributed by atoms with Gasteiger partial charge >= 0.3 is 6.18 Å². The van der Waals surface area contributed by atoms with E-state index in [9.17, 15) is 18.0 Å². The number of amides is 1. The Kier molecular flexibility index (Phi) is 5.55. The van der Waals surface area contributed by atoms with Gasteiger partial charge in [-0.25, -0.2) is 0 Å². The highest BCUT2D eigenvalue weighted by Gasteiger charge is 2.39. The molecule has 0 radical (unpaired) electrons. The number of carbonyl (C=O) groups excluding carboxylic acids is 1. The molecule has 3 rings (SSSR count). The van der Waals surface area contributed by atoms with E-state index in [-0.39, 0.29) is 24.6 Å². The average molecular weight is 380 g/mol. The van der Waals surface area contributed by atoms with Gasteiger partial charge in [0.2, 0.25) is 0 Å².